The van der Waals surface area contributed by atoms with E-state index in [1.807, 2.05) is 60.0 Å². The minimum atomic E-state index is -1.61. The molecule has 2 atom stereocenters. The van der Waals surface area contributed by atoms with Crippen molar-refractivity contribution in [2.24, 2.45) is 0 Å². The molecule has 1 aliphatic heterocycles. The summed E-state index contributed by atoms with van der Waals surface area (Å²) in [7, 11) is 0. The molecule has 2 aromatic rings. The maximum atomic E-state index is 9.38. The lowest BCUT2D eigenvalue weighted by Gasteiger charge is -2.15. The summed E-state index contributed by atoms with van der Waals surface area (Å²) in [5, 5.41) is 20.6. The number of nitriles is 2. The van der Waals surface area contributed by atoms with Crippen molar-refractivity contribution in [3.63, 3.8) is 0 Å². The molecule has 5 heteroatoms. The van der Waals surface area contributed by atoms with Crippen LogP contribution < -0.4 is 0 Å². The number of hydrogen-bond donors (Lipinski definition) is 0. The Labute approximate surface area is 120 Å². The number of ether oxygens (including phenoxy) is 2. The molecule has 0 radical (unpaired) electrons. The van der Waals surface area contributed by atoms with Crippen LogP contribution in [0.15, 0.2) is 47.8 Å². The van der Waals surface area contributed by atoms with Crippen LogP contribution in [0.25, 0.3) is 0 Å². The molecule has 0 N–H and O–H groups in total. The molecule has 0 saturated carbocycles. The third-order valence-electron chi connectivity index (χ3n) is 3.13. The predicted molar refractivity (Wildman–Crippen MR) is 72.4 cm³/mol. The molecule has 0 amide bonds. The summed E-state index contributed by atoms with van der Waals surface area (Å²) in [5.41, 5.74) is -0.813. The van der Waals surface area contributed by atoms with Crippen molar-refractivity contribution in [1.29, 1.82) is 10.5 Å². The molecule has 3 rings (SSSR count). The Morgan fingerprint density at radius 2 is 1.80 bits per heavy atom. The first-order chi connectivity index (χ1) is 9.79. The monoisotopic (exact) mass is 282 g/mol. The summed E-state index contributed by atoms with van der Waals surface area (Å²) >= 11 is 1.44. The third-order valence-corrected chi connectivity index (χ3v) is 4.04. The fourth-order valence-electron chi connectivity index (χ4n) is 2.14. The number of nitrogens with zero attached hydrogens (tertiary/aromatic N) is 2. The zero-order valence-corrected chi connectivity index (χ0v) is 11.2. The van der Waals surface area contributed by atoms with Gasteiger partial charge in [-0.1, -0.05) is 36.4 Å². The second-order valence-electron chi connectivity index (χ2n) is 4.35. The Morgan fingerprint density at radius 1 is 1.05 bits per heavy atom. The average Bonchev–Trinajstić information content (AvgIpc) is 3.15. The largest absolute Gasteiger partial charge is 0.334 e. The smallest absolute Gasteiger partial charge is 0.275 e. The first-order valence-corrected chi connectivity index (χ1v) is 6.91. The van der Waals surface area contributed by atoms with E-state index in [1.165, 1.54) is 11.3 Å². The van der Waals surface area contributed by atoms with Gasteiger partial charge in [-0.2, -0.15) is 10.5 Å². The van der Waals surface area contributed by atoms with Gasteiger partial charge in [0.15, 0.2) is 12.4 Å². The zero-order valence-electron chi connectivity index (χ0n) is 10.4. The van der Waals surface area contributed by atoms with Crippen LogP contribution in [0, 0.1) is 22.7 Å². The van der Waals surface area contributed by atoms with Crippen LogP contribution >= 0.6 is 11.3 Å². The van der Waals surface area contributed by atoms with Crippen molar-refractivity contribution in [2.75, 3.05) is 0 Å². The molecule has 1 fully saturated rings. The van der Waals surface area contributed by atoms with Gasteiger partial charge in [-0.25, -0.2) is 0 Å². The minimum Gasteiger partial charge on any atom is -0.334 e. The lowest BCUT2D eigenvalue weighted by Crippen LogP contribution is -2.30. The molecule has 1 saturated heterocycles. The quantitative estimate of drug-likeness (QED) is 0.847. The molecular weight excluding hydrogens is 272 g/mol. The van der Waals surface area contributed by atoms with E-state index in [0.29, 0.717) is 0 Å². The van der Waals surface area contributed by atoms with Gasteiger partial charge < -0.3 is 9.47 Å². The SMILES string of the molecule is N#CC1(C#N)O[C@@H](c2ccccc2)O[C@H]1c1cccs1. The molecule has 0 spiro atoms. The fraction of sp³-hybridized carbons (Fsp3) is 0.200. The van der Waals surface area contributed by atoms with Crippen LogP contribution in [0.2, 0.25) is 0 Å². The Kier molecular flexibility index (Phi) is 3.25. The standard InChI is InChI=1S/C15H10N2O2S/c16-9-15(10-17)13(12-7-4-8-20-12)18-14(19-15)11-5-2-1-3-6-11/h1-8,13-14H/t13-,14-/m0/s1. The van der Waals surface area contributed by atoms with Crippen LogP contribution in [0.1, 0.15) is 22.8 Å². The molecule has 0 bridgehead atoms. The van der Waals surface area contributed by atoms with E-state index in [2.05, 4.69) is 0 Å². The molecule has 0 unspecified atom stereocenters. The van der Waals surface area contributed by atoms with Crippen molar-refractivity contribution in [1.82, 2.24) is 0 Å². The second-order valence-corrected chi connectivity index (χ2v) is 5.33. The maximum absolute atomic E-state index is 9.38. The van der Waals surface area contributed by atoms with Gasteiger partial charge in [0.1, 0.15) is 12.1 Å². The number of hydrogen-bond acceptors (Lipinski definition) is 5. The molecule has 98 valence electrons. The summed E-state index contributed by atoms with van der Waals surface area (Å²) in [6, 6.07) is 16.9. The van der Waals surface area contributed by atoms with Crippen LogP contribution in [0.5, 0.6) is 0 Å². The van der Waals surface area contributed by atoms with Gasteiger partial charge in [0.2, 0.25) is 0 Å². The van der Waals surface area contributed by atoms with E-state index < -0.39 is 18.0 Å². The first-order valence-electron chi connectivity index (χ1n) is 6.03. The van der Waals surface area contributed by atoms with Crippen molar-refractivity contribution in [3.05, 3.63) is 58.3 Å². The van der Waals surface area contributed by atoms with E-state index in [0.717, 1.165) is 10.4 Å². The van der Waals surface area contributed by atoms with Gasteiger partial charge in [0, 0.05) is 10.4 Å². The molecule has 20 heavy (non-hydrogen) atoms. The van der Waals surface area contributed by atoms with Crippen LogP contribution in [0.4, 0.5) is 0 Å². The molecular formula is C15H10N2O2S. The summed E-state index contributed by atoms with van der Waals surface area (Å²) < 4.78 is 11.5. The fourth-order valence-corrected chi connectivity index (χ4v) is 2.95. The molecule has 1 aromatic carbocycles. The van der Waals surface area contributed by atoms with Gasteiger partial charge in [-0.3, -0.25) is 0 Å². The highest BCUT2D eigenvalue weighted by molar-refractivity contribution is 7.10. The summed E-state index contributed by atoms with van der Waals surface area (Å²) in [5.74, 6) is 0. The van der Waals surface area contributed by atoms with E-state index >= 15 is 0 Å². The Hall–Kier alpha value is -2.18. The highest BCUT2D eigenvalue weighted by Gasteiger charge is 2.53. The second kappa shape index (κ2) is 5.07. The average molecular weight is 282 g/mol. The van der Waals surface area contributed by atoms with Gasteiger partial charge in [0.05, 0.1) is 0 Å². The zero-order chi connectivity index (χ0) is 14.0. The molecule has 4 nitrogen and oxygen atoms in total. The summed E-state index contributed by atoms with van der Waals surface area (Å²) in [4.78, 5) is 0.812. The highest BCUT2D eigenvalue weighted by Crippen LogP contribution is 2.47. The number of rotatable bonds is 2. The van der Waals surface area contributed by atoms with Crippen LogP contribution in [0.3, 0.4) is 0 Å². The normalized spacial score (nSPS) is 23.9. The van der Waals surface area contributed by atoms with Gasteiger partial charge in [0.25, 0.3) is 5.60 Å². The van der Waals surface area contributed by atoms with Crippen molar-refractivity contribution >= 4 is 11.3 Å². The third kappa shape index (κ3) is 1.99. The molecule has 0 aliphatic carbocycles. The first kappa shape index (κ1) is 12.8. The van der Waals surface area contributed by atoms with Gasteiger partial charge >= 0.3 is 0 Å². The van der Waals surface area contributed by atoms with Crippen LogP contribution in [-0.4, -0.2) is 5.60 Å². The maximum Gasteiger partial charge on any atom is 0.275 e. The van der Waals surface area contributed by atoms with Crippen LogP contribution in [-0.2, 0) is 9.47 Å². The summed E-state index contributed by atoms with van der Waals surface area (Å²) in [6.07, 6.45) is -1.40. The highest BCUT2D eigenvalue weighted by atomic mass is 32.1. The lowest BCUT2D eigenvalue weighted by molar-refractivity contribution is -0.0715. The Balaban J connectivity index is 1.99. The van der Waals surface area contributed by atoms with Crippen molar-refractivity contribution < 1.29 is 9.47 Å². The van der Waals surface area contributed by atoms with E-state index in [9.17, 15) is 10.5 Å². The Bertz CT molecular complexity index is 656. The Morgan fingerprint density at radius 3 is 2.40 bits per heavy atom. The molecule has 1 aromatic heterocycles. The molecule has 1 aliphatic rings. The predicted octanol–water partition coefficient (Wildman–Crippen LogP) is 3.32. The lowest BCUT2D eigenvalue weighted by atomic mass is 9.99. The van der Waals surface area contributed by atoms with E-state index in [1.54, 1.807) is 0 Å². The van der Waals surface area contributed by atoms with Crippen molar-refractivity contribution in [3.8, 4) is 12.1 Å². The van der Waals surface area contributed by atoms with Crippen molar-refractivity contribution in [2.45, 2.75) is 18.0 Å². The van der Waals surface area contributed by atoms with E-state index in [-0.39, 0.29) is 0 Å². The summed E-state index contributed by atoms with van der Waals surface area (Å²) in [6.45, 7) is 0. The molecule has 2 heterocycles. The minimum absolute atomic E-state index is 0.692. The van der Waals surface area contributed by atoms with E-state index in [4.69, 9.17) is 9.47 Å². The van der Waals surface area contributed by atoms with Gasteiger partial charge in [-0.15, -0.1) is 11.3 Å². The number of benzene rings is 1. The topological polar surface area (TPSA) is 66.0 Å². The van der Waals surface area contributed by atoms with Gasteiger partial charge in [-0.05, 0) is 11.4 Å². The number of thiophene rings is 1.